The molecule has 1 spiro atoms. The molecule has 39 heavy (non-hydrogen) atoms. The second-order valence-corrected chi connectivity index (χ2v) is 10.3. The third-order valence-corrected chi connectivity index (χ3v) is 7.99. The van der Waals surface area contributed by atoms with Crippen LogP contribution in [-0.2, 0) is 19.1 Å². The molecule has 0 aromatic heterocycles. The fourth-order valence-corrected chi connectivity index (χ4v) is 6.26. The van der Waals surface area contributed by atoms with Crippen LogP contribution in [0.2, 0.25) is 10.0 Å². The van der Waals surface area contributed by atoms with E-state index in [4.69, 9.17) is 32.7 Å². The molecule has 6 rings (SSSR count). The first-order valence-corrected chi connectivity index (χ1v) is 12.9. The molecule has 8 nitrogen and oxygen atoms in total. The number of anilines is 1. The number of imide groups is 1. The Balaban J connectivity index is 1.48. The van der Waals surface area contributed by atoms with Gasteiger partial charge in [-0.2, -0.15) is 0 Å². The Labute approximate surface area is 232 Å². The van der Waals surface area contributed by atoms with Crippen molar-refractivity contribution in [3.63, 3.8) is 0 Å². The van der Waals surface area contributed by atoms with E-state index in [0.29, 0.717) is 10.6 Å². The number of amides is 2. The average Bonchev–Trinajstić information content (AvgIpc) is 3.49. The molecule has 0 bridgehead atoms. The fraction of sp³-hybridized carbons (Fsp3) is 0.207. The highest BCUT2D eigenvalue weighted by atomic mass is 35.5. The van der Waals surface area contributed by atoms with Crippen LogP contribution in [0.4, 0.5) is 5.69 Å². The largest absolute Gasteiger partial charge is 0.462 e. The zero-order valence-electron chi connectivity index (χ0n) is 20.4. The lowest BCUT2D eigenvalue weighted by Gasteiger charge is -2.27. The maximum absolute atomic E-state index is 14.0. The van der Waals surface area contributed by atoms with Crippen molar-refractivity contribution in [3.8, 4) is 0 Å². The van der Waals surface area contributed by atoms with E-state index in [1.54, 1.807) is 31.2 Å². The van der Waals surface area contributed by atoms with Crippen LogP contribution in [0.25, 0.3) is 0 Å². The van der Waals surface area contributed by atoms with Crippen molar-refractivity contribution in [2.75, 3.05) is 11.5 Å². The lowest BCUT2D eigenvalue weighted by Crippen LogP contribution is -2.51. The van der Waals surface area contributed by atoms with Crippen molar-refractivity contribution < 1.29 is 33.4 Å². The molecular weight excluding hydrogens is 545 g/mol. The van der Waals surface area contributed by atoms with E-state index < -0.39 is 52.9 Å². The Kier molecular flexibility index (Phi) is 5.95. The summed E-state index contributed by atoms with van der Waals surface area (Å²) in [6, 6.07) is 16.5. The Hall–Kier alpha value is -3.85. The summed E-state index contributed by atoms with van der Waals surface area (Å²) < 4.78 is 11.2. The zero-order valence-corrected chi connectivity index (χ0v) is 21.9. The van der Waals surface area contributed by atoms with Gasteiger partial charge < -0.3 is 9.47 Å². The highest BCUT2D eigenvalue weighted by Crippen LogP contribution is 2.58. The number of nitrogens with zero attached hydrogens (tertiary/aromatic N) is 1. The number of esters is 1. The molecule has 3 atom stereocenters. The van der Waals surface area contributed by atoms with Crippen LogP contribution in [0.3, 0.4) is 0 Å². The van der Waals surface area contributed by atoms with Crippen molar-refractivity contribution in [1.82, 2.24) is 0 Å². The first kappa shape index (κ1) is 25.4. The zero-order chi connectivity index (χ0) is 27.6. The smallest absolute Gasteiger partial charge is 0.338 e. The van der Waals surface area contributed by atoms with Crippen LogP contribution in [0.1, 0.15) is 49.7 Å². The normalized spacial score (nSPS) is 22.9. The summed E-state index contributed by atoms with van der Waals surface area (Å²) in [7, 11) is 0. The van der Waals surface area contributed by atoms with Crippen LogP contribution in [0.5, 0.6) is 0 Å². The van der Waals surface area contributed by atoms with E-state index >= 15 is 0 Å². The van der Waals surface area contributed by atoms with E-state index in [1.807, 2.05) is 0 Å². The minimum atomic E-state index is -2.23. The lowest BCUT2D eigenvalue weighted by molar-refractivity contribution is -0.127. The predicted molar refractivity (Wildman–Crippen MR) is 140 cm³/mol. The molecule has 2 amide bonds. The van der Waals surface area contributed by atoms with Gasteiger partial charge in [0.2, 0.25) is 29.0 Å². The number of hydrogen-bond acceptors (Lipinski definition) is 7. The van der Waals surface area contributed by atoms with Gasteiger partial charge in [0.1, 0.15) is 0 Å². The third-order valence-electron chi connectivity index (χ3n) is 7.42. The number of fused-ring (bicyclic) bond motifs is 3. The van der Waals surface area contributed by atoms with Crippen LogP contribution in [-0.4, -0.2) is 41.6 Å². The van der Waals surface area contributed by atoms with Gasteiger partial charge in [-0.1, -0.05) is 53.5 Å². The summed E-state index contributed by atoms with van der Waals surface area (Å²) >= 11 is 12.6. The summed E-state index contributed by atoms with van der Waals surface area (Å²) in [5, 5.41) is 0.502. The van der Waals surface area contributed by atoms with Crippen LogP contribution in [0.15, 0.2) is 66.7 Å². The number of ether oxygens (including phenoxy) is 2. The molecular formula is C29H19Cl2NO7. The van der Waals surface area contributed by atoms with Crippen molar-refractivity contribution in [1.29, 1.82) is 0 Å². The molecule has 1 aliphatic carbocycles. The molecule has 3 aromatic rings. The Morgan fingerprint density at radius 2 is 1.56 bits per heavy atom. The Morgan fingerprint density at radius 1 is 0.923 bits per heavy atom. The fourth-order valence-electron chi connectivity index (χ4n) is 5.75. The highest BCUT2D eigenvalue weighted by molar-refractivity contribution is 6.37. The quantitative estimate of drug-likeness (QED) is 0.253. The Bertz CT molecular complexity index is 1560. The first-order valence-electron chi connectivity index (χ1n) is 12.2. The number of ketones is 2. The monoisotopic (exact) mass is 563 g/mol. The molecule has 0 radical (unpaired) electrons. The van der Waals surface area contributed by atoms with Gasteiger partial charge in [-0.3, -0.25) is 19.2 Å². The van der Waals surface area contributed by atoms with Gasteiger partial charge in [-0.25, -0.2) is 9.69 Å². The average molecular weight is 564 g/mol. The molecule has 0 saturated carbocycles. The molecule has 0 unspecified atom stereocenters. The number of halogens is 2. The number of carbonyl (C=O) groups excluding carboxylic acids is 5. The van der Waals surface area contributed by atoms with Crippen molar-refractivity contribution in [2.45, 2.75) is 18.6 Å². The Morgan fingerprint density at radius 3 is 2.15 bits per heavy atom. The van der Waals surface area contributed by atoms with E-state index in [9.17, 15) is 24.0 Å². The lowest BCUT2D eigenvalue weighted by atomic mass is 9.77. The van der Waals surface area contributed by atoms with Gasteiger partial charge in [0.25, 0.3) is 0 Å². The molecule has 3 aromatic carbocycles. The molecule has 196 valence electrons. The van der Waals surface area contributed by atoms with Gasteiger partial charge in [-0.15, -0.1) is 0 Å². The maximum Gasteiger partial charge on any atom is 0.338 e. The minimum absolute atomic E-state index is 0.126. The minimum Gasteiger partial charge on any atom is -0.462 e. The number of rotatable bonds is 4. The summed E-state index contributed by atoms with van der Waals surface area (Å²) in [5.74, 6) is -5.96. The number of hydrogen-bond donors (Lipinski definition) is 0. The second kappa shape index (κ2) is 9.12. The summed E-state index contributed by atoms with van der Waals surface area (Å²) in [6.45, 7) is 1.87. The summed E-state index contributed by atoms with van der Waals surface area (Å²) in [5.41, 5.74) is -1.23. The number of Topliss-reactive ketones (excluding diaryl/α,β-unsaturated/α-hetero) is 2. The van der Waals surface area contributed by atoms with Crippen molar-refractivity contribution >= 4 is 58.2 Å². The van der Waals surface area contributed by atoms with Gasteiger partial charge in [0.15, 0.2) is 0 Å². The van der Waals surface area contributed by atoms with Crippen LogP contribution in [0, 0.1) is 11.8 Å². The van der Waals surface area contributed by atoms with Gasteiger partial charge >= 0.3 is 5.97 Å². The first-order chi connectivity index (χ1) is 18.7. The molecule has 2 heterocycles. The van der Waals surface area contributed by atoms with Gasteiger partial charge in [-0.05, 0) is 43.3 Å². The molecule has 2 saturated heterocycles. The van der Waals surface area contributed by atoms with Crippen molar-refractivity contribution in [3.05, 3.63) is 99.0 Å². The molecule has 3 aliphatic rings. The van der Waals surface area contributed by atoms with Gasteiger partial charge in [0, 0.05) is 26.7 Å². The van der Waals surface area contributed by atoms with E-state index in [2.05, 4.69) is 0 Å². The standard InChI is InChI=1S/C29H19Cl2NO7/c1-2-38-28(37)14-7-10-16(11-8-14)32-26(35)21-22(27(32)36)29(24(33)17-5-3-4-6-18(17)25(29)34)39-23(21)19-12-9-15(30)13-20(19)31/h3-13,21-23H,2H2,1H3/t21-,22-,23+/m0/s1. The SMILES string of the molecule is CCOC(=O)c1ccc(N2C(=O)[C@@H]3[C@@H](c4ccc(Cl)cc4Cl)OC4(C(=O)c5ccccc5C4=O)[C@@H]3C2=O)cc1. The van der Waals surface area contributed by atoms with Crippen molar-refractivity contribution in [2.24, 2.45) is 11.8 Å². The maximum atomic E-state index is 14.0. The topological polar surface area (TPSA) is 107 Å². The van der Waals surface area contributed by atoms with E-state index in [1.165, 1.54) is 42.5 Å². The van der Waals surface area contributed by atoms with Crippen LogP contribution >= 0.6 is 23.2 Å². The molecule has 10 heteroatoms. The summed E-state index contributed by atoms with van der Waals surface area (Å²) in [6.07, 6.45) is -1.18. The predicted octanol–water partition coefficient (Wildman–Crippen LogP) is 4.87. The molecule has 2 fully saturated rings. The highest BCUT2D eigenvalue weighted by Gasteiger charge is 2.74. The van der Waals surface area contributed by atoms with Crippen LogP contribution < -0.4 is 4.90 Å². The summed E-state index contributed by atoms with van der Waals surface area (Å²) in [4.78, 5) is 68.7. The third kappa shape index (κ3) is 3.52. The second-order valence-electron chi connectivity index (χ2n) is 9.43. The van der Waals surface area contributed by atoms with Gasteiger partial charge in [0.05, 0.1) is 35.8 Å². The number of benzene rings is 3. The molecule has 2 aliphatic heterocycles. The molecule has 0 N–H and O–H groups in total. The van der Waals surface area contributed by atoms with E-state index in [-0.39, 0.29) is 34.0 Å². The van der Waals surface area contributed by atoms with E-state index in [0.717, 1.165) is 4.90 Å². The number of carbonyl (C=O) groups is 5.